The van der Waals surface area contributed by atoms with Gasteiger partial charge in [-0.15, -0.1) is 0 Å². The Morgan fingerprint density at radius 3 is 2.81 bits per heavy atom. The summed E-state index contributed by atoms with van der Waals surface area (Å²) < 4.78 is 6.44. The number of benzene rings is 2. The van der Waals surface area contributed by atoms with Gasteiger partial charge in [0.2, 0.25) is 0 Å². The molecule has 0 fully saturated rings. The second kappa shape index (κ2) is 5.47. The minimum absolute atomic E-state index is 0.575. The van der Waals surface area contributed by atoms with Crippen LogP contribution < -0.4 is 4.74 Å². The van der Waals surface area contributed by atoms with Crippen molar-refractivity contribution in [3.63, 3.8) is 0 Å². The van der Waals surface area contributed by atoms with E-state index >= 15 is 0 Å². The first-order valence-electron chi connectivity index (χ1n) is 7.17. The standard InChI is InChI=1S/C18H19BrO2/c1-12-3-4-13-7-8-18(20,16(13)9-12)11-14-10-15(19)5-6-17(14)21-2/h3-6,9-10,20H,7-8,11H2,1-2H3. The second-order valence-electron chi connectivity index (χ2n) is 5.83. The van der Waals surface area contributed by atoms with Gasteiger partial charge in [-0.2, -0.15) is 0 Å². The highest BCUT2D eigenvalue weighted by Gasteiger charge is 2.37. The molecule has 0 bridgehead atoms. The largest absolute Gasteiger partial charge is 0.496 e. The zero-order valence-corrected chi connectivity index (χ0v) is 13.9. The van der Waals surface area contributed by atoms with Crippen LogP contribution in [0.4, 0.5) is 0 Å². The average molecular weight is 347 g/mol. The summed E-state index contributed by atoms with van der Waals surface area (Å²) in [6, 6.07) is 12.3. The van der Waals surface area contributed by atoms with Crippen LogP contribution >= 0.6 is 15.9 Å². The number of ether oxygens (including phenoxy) is 1. The number of hydrogen-bond acceptors (Lipinski definition) is 2. The van der Waals surface area contributed by atoms with Gasteiger partial charge in [-0.05, 0) is 54.7 Å². The quantitative estimate of drug-likeness (QED) is 0.904. The van der Waals surface area contributed by atoms with Gasteiger partial charge in [0, 0.05) is 10.9 Å². The first-order chi connectivity index (χ1) is 10.0. The maximum atomic E-state index is 11.2. The van der Waals surface area contributed by atoms with Gasteiger partial charge >= 0.3 is 0 Å². The van der Waals surface area contributed by atoms with Gasteiger partial charge in [-0.3, -0.25) is 0 Å². The minimum atomic E-state index is -0.796. The van der Waals surface area contributed by atoms with Crippen LogP contribution in [0.1, 0.15) is 28.7 Å². The molecule has 21 heavy (non-hydrogen) atoms. The zero-order chi connectivity index (χ0) is 15.0. The number of aryl methyl sites for hydroxylation is 2. The zero-order valence-electron chi connectivity index (χ0n) is 12.3. The highest BCUT2D eigenvalue weighted by Crippen LogP contribution is 2.41. The Balaban J connectivity index is 2.00. The Bertz CT molecular complexity index is 681. The summed E-state index contributed by atoms with van der Waals surface area (Å²) in [4.78, 5) is 0. The van der Waals surface area contributed by atoms with Crippen LogP contribution in [0.5, 0.6) is 5.75 Å². The van der Waals surface area contributed by atoms with Crippen LogP contribution in [0, 0.1) is 6.92 Å². The third-order valence-electron chi connectivity index (χ3n) is 4.30. The molecule has 1 N–H and O–H groups in total. The van der Waals surface area contributed by atoms with Crippen molar-refractivity contribution in [2.75, 3.05) is 7.11 Å². The average Bonchev–Trinajstić information content (AvgIpc) is 2.76. The van der Waals surface area contributed by atoms with Gasteiger partial charge in [0.1, 0.15) is 5.75 Å². The van der Waals surface area contributed by atoms with Gasteiger partial charge in [0.05, 0.1) is 12.7 Å². The summed E-state index contributed by atoms with van der Waals surface area (Å²) in [7, 11) is 1.67. The molecule has 0 amide bonds. The lowest BCUT2D eigenvalue weighted by Crippen LogP contribution is -2.25. The van der Waals surface area contributed by atoms with Crippen LogP contribution in [0.2, 0.25) is 0 Å². The molecule has 0 saturated carbocycles. The van der Waals surface area contributed by atoms with Crippen molar-refractivity contribution in [3.05, 3.63) is 63.1 Å². The molecule has 3 rings (SSSR count). The number of halogens is 1. The molecule has 0 spiro atoms. The van der Waals surface area contributed by atoms with E-state index in [2.05, 4.69) is 41.1 Å². The molecule has 110 valence electrons. The first kappa shape index (κ1) is 14.6. The minimum Gasteiger partial charge on any atom is -0.496 e. The number of aliphatic hydroxyl groups is 1. The molecular formula is C18H19BrO2. The monoisotopic (exact) mass is 346 g/mol. The van der Waals surface area contributed by atoms with Crippen LogP contribution in [-0.4, -0.2) is 12.2 Å². The van der Waals surface area contributed by atoms with Crippen molar-refractivity contribution in [2.45, 2.75) is 31.8 Å². The van der Waals surface area contributed by atoms with Gasteiger partial charge < -0.3 is 9.84 Å². The van der Waals surface area contributed by atoms with Crippen molar-refractivity contribution in [1.82, 2.24) is 0 Å². The third-order valence-corrected chi connectivity index (χ3v) is 4.79. The first-order valence-corrected chi connectivity index (χ1v) is 7.96. The van der Waals surface area contributed by atoms with E-state index in [1.54, 1.807) is 7.11 Å². The van der Waals surface area contributed by atoms with E-state index in [0.717, 1.165) is 34.2 Å². The van der Waals surface area contributed by atoms with Crippen LogP contribution in [0.25, 0.3) is 0 Å². The van der Waals surface area contributed by atoms with Gasteiger partial charge in [-0.1, -0.05) is 39.7 Å². The molecule has 1 aliphatic rings. The molecule has 0 saturated heterocycles. The van der Waals surface area contributed by atoms with E-state index in [-0.39, 0.29) is 0 Å². The van der Waals surface area contributed by atoms with E-state index in [4.69, 9.17) is 4.74 Å². The number of hydrogen-bond donors (Lipinski definition) is 1. The lowest BCUT2D eigenvalue weighted by molar-refractivity contribution is 0.0383. The second-order valence-corrected chi connectivity index (χ2v) is 6.74. The Morgan fingerprint density at radius 2 is 2.05 bits per heavy atom. The smallest absolute Gasteiger partial charge is 0.122 e. The molecule has 0 heterocycles. The van der Waals surface area contributed by atoms with E-state index in [1.165, 1.54) is 11.1 Å². The molecule has 2 aromatic carbocycles. The van der Waals surface area contributed by atoms with Gasteiger partial charge in [0.25, 0.3) is 0 Å². The molecule has 1 unspecified atom stereocenters. The van der Waals surface area contributed by atoms with E-state index in [1.807, 2.05) is 18.2 Å². The fourth-order valence-corrected chi connectivity index (χ4v) is 3.61. The number of methoxy groups -OCH3 is 1. The summed E-state index contributed by atoms with van der Waals surface area (Å²) in [5, 5.41) is 11.2. The highest BCUT2D eigenvalue weighted by atomic mass is 79.9. The maximum absolute atomic E-state index is 11.2. The molecule has 0 aliphatic heterocycles. The van der Waals surface area contributed by atoms with Crippen molar-refractivity contribution in [3.8, 4) is 5.75 Å². The summed E-state index contributed by atoms with van der Waals surface area (Å²) in [5.41, 5.74) is 3.76. The lowest BCUT2D eigenvalue weighted by Gasteiger charge is -2.25. The molecule has 0 radical (unpaired) electrons. The SMILES string of the molecule is COc1ccc(Br)cc1CC1(O)CCc2ccc(C)cc21. The number of rotatable bonds is 3. The molecular weight excluding hydrogens is 328 g/mol. The van der Waals surface area contributed by atoms with E-state index < -0.39 is 5.60 Å². The maximum Gasteiger partial charge on any atom is 0.122 e. The Labute approximate surface area is 133 Å². The van der Waals surface area contributed by atoms with Crippen molar-refractivity contribution in [2.24, 2.45) is 0 Å². The van der Waals surface area contributed by atoms with Crippen molar-refractivity contribution >= 4 is 15.9 Å². The molecule has 1 atom stereocenters. The summed E-state index contributed by atoms with van der Waals surface area (Å²) in [6.07, 6.45) is 2.27. The van der Waals surface area contributed by atoms with Crippen molar-refractivity contribution in [1.29, 1.82) is 0 Å². The Morgan fingerprint density at radius 1 is 1.24 bits per heavy atom. The number of fused-ring (bicyclic) bond motifs is 1. The molecule has 0 aromatic heterocycles. The molecule has 3 heteroatoms. The molecule has 1 aliphatic carbocycles. The summed E-state index contributed by atoms with van der Waals surface area (Å²) >= 11 is 3.50. The molecule has 2 nitrogen and oxygen atoms in total. The van der Waals surface area contributed by atoms with Gasteiger partial charge in [-0.25, -0.2) is 0 Å². The van der Waals surface area contributed by atoms with Crippen LogP contribution in [-0.2, 0) is 18.4 Å². The highest BCUT2D eigenvalue weighted by molar-refractivity contribution is 9.10. The van der Waals surface area contributed by atoms with E-state index in [0.29, 0.717) is 6.42 Å². The van der Waals surface area contributed by atoms with Crippen LogP contribution in [0.3, 0.4) is 0 Å². The van der Waals surface area contributed by atoms with Crippen molar-refractivity contribution < 1.29 is 9.84 Å². The predicted molar refractivity (Wildman–Crippen MR) is 87.8 cm³/mol. The van der Waals surface area contributed by atoms with Gasteiger partial charge in [0.15, 0.2) is 0 Å². The van der Waals surface area contributed by atoms with Crippen LogP contribution in [0.15, 0.2) is 40.9 Å². The fraction of sp³-hybridized carbons (Fsp3) is 0.333. The lowest BCUT2D eigenvalue weighted by atomic mass is 9.88. The Kier molecular flexibility index (Phi) is 3.80. The normalized spacial score (nSPS) is 20.4. The van der Waals surface area contributed by atoms with E-state index in [9.17, 15) is 5.11 Å². The third kappa shape index (κ3) is 2.72. The predicted octanol–water partition coefficient (Wildman–Crippen LogP) is 4.14. The summed E-state index contributed by atoms with van der Waals surface area (Å²) in [5.74, 6) is 0.827. The Hall–Kier alpha value is -1.32. The molecule has 2 aromatic rings. The fourth-order valence-electron chi connectivity index (χ4n) is 3.20. The topological polar surface area (TPSA) is 29.5 Å². The summed E-state index contributed by atoms with van der Waals surface area (Å²) in [6.45, 7) is 2.07.